The van der Waals surface area contributed by atoms with Crippen LogP contribution in [0.4, 0.5) is 0 Å². The van der Waals surface area contributed by atoms with E-state index in [9.17, 15) is 0 Å². The van der Waals surface area contributed by atoms with Crippen molar-refractivity contribution in [2.75, 3.05) is 0 Å². The Morgan fingerprint density at radius 1 is 1.60 bits per heavy atom. The first-order valence-electron chi connectivity index (χ1n) is 2.23. The van der Waals surface area contributed by atoms with E-state index in [1.807, 2.05) is 0 Å². The fourth-order valence-electron chi connectivity index (χ4n) is 0.430. The zero-order valence-corrected chi connectivity index (χ0v) is 3.57. The lowest BCUT2D eigenvalue weighted by atomic mass is 10.3. The smallest absolute Gasteiger partial charge is 0.00531 e. The first-order chi connectivity index (χ1) is 2.43. The molecule has 0 N–H and O–H groups in total. The molecule has 1 saturated carbocycles. The molecule has 0 bridgehead atoms. The molecule has 5 heavy (non-hydrogen) atoms. The van der Waals surface area contributed by atoms with Crippen LogP contribution in [0.2, 0.25) is 0 Å². The summed E-state index contributed by atoms with van der Waals surface area (Å²) in [6.45, 7) is 2.14. The van der Waals surface area contributed by atoms with Gasteiger partial charge in [0.1, 0.15) is 0 Å². The molecule has 0 amide bonds. The van der Waals surface area contributed by atoms with Gasteiger partial charge in [0.15, 0.2) is 0 Å². The summed E-state index contributed by atoms with van der Waals surface area (Å²) in [7, 11) is 0. The highest BCUT2D eigenvalue weighted by molar-refractivity contribution is 4.82. The minimum atomic E-state index is 1.01. The van der Waals surface area contributed by atoms with Gasteiger partial charge in [0.2, 0.25) is 0 Å². The first-order valence-corrected chi connectivity index (χ1v) is 2.23. The van der Waals surface area contributed by atoms with E-state index in [-0.39, 0.29) is 0 Å². The van der Waals surface area contributed by atoms with Gasteiger partial charge in [-0.1, -0.05) is 0 Å². The molecule has 1 aliphatic carbocycles. The molecule has 1 rings (SSSR count). The van der Waals surface area contributed by atoms with Crippen LogP contribution in [0.3, 0.4) is 0 Å². The van der Waals surface area contributed by atoms with Gasteiger partial charge in [-0.2, -0.15) is 0 Å². The minimum absolute atomic E-state index is 1.01. The molecular weight excluding hydrogens is 60.1 g/mol. The van der Waals surface area contributed by atoms with Gasteiger partial charge in [0.25, 0.3) is 0 Å². The molecule has 0 aliphatic heterocycles. The maximum absolute atomic E-state index is 2.28. The number of hydrogen-bond donors (Lipinski definition) is 0. The highest BCUT2D eigenvalue weighted by Gasteiger charge is 2.26. The molecule has 0 nitrogen and oxygen atoms in total. The minimum Gasteiger partial charge on any atom is -0.00531 e. The molecule has 28 valence electrons. The SMILES string of the molecule is C[CH+]C1CC1. The normalized spacial score (nSPS) is 22.6. The van der Waals surface area contributed by atoms with E-state index in [1.54, 1.807) is 0 Å². The van der Waals surface area contributed by atoms with Crippen molar-refractivity contribution < 1.29 is 0 Å². The second-order valence-electron chi connectivity index (χ2n) is 1.67. The molecular formula is C5H9+. The molecule has 0 heteroatoms. The maximum atomic E-state index is 2.28. The summed E-state index contributed by atoms with van der Waals surface area (Å²) in [4.78, 5) is 0. The van der Waals surface area contributed by atoms with E-state index in [4.69, 9.17) is 0 Å². The van der Waals surface area contributed by atoms with Crippen LogP contribution in [0.15, 0.2) is 0 Å². The van der Waals surface area contributed by atoms with Gasteiger partial charge < -0.3 is 0 Å². The molecule has 0 saturated heterocycles. The Kier molecular flexibility index (Phi) is 0.569. The van der Waals surface area contributed by atoms with E-state index < -0.39 is 0 Å². The van der Waals surface area contributed by atoms with Gasteiger partial charge >= 0.3 is 0 Å². The number of hydrogen-bond acceptors (Lipinski definition) is 0. The summed E-state index contributed by atoms with van der Waals surface area (Å²) in [5.74, 6) is 1.01. The average molecular weight is 69.1 g/mol. The largest absolute Gasteiger partial charge is 0.0978 e. The highest BCUT2D eigenvalue weighted by atomic mass is 14.2. The first kappa shape index (κ1) is 3.08. The Morgan fingerprint density at radius 2 is 2.20 bits per heavy atom. The molecule has 1 fully saturated rings. The van der Waals surface area contributed by atoms with Gasteiger partial charge in [-0.25, -0.2) is 0 Å². The number of rotatable bonds is 1. The lowest BCUT2D eigenvalue weighted by molar-refractivity contribution is 1.00. The van der Waals surface area contributed by atoms with Gasteiger partial charge in [0, 0.05) is 0 Å². The van der Waals surface area contributed by atoms with Crippen LogP contribution in [-0.4, -0.2) is 0 Å². The van der Waals surface area contributed by atoms with Gasteiger partial charge in [-0.15, -0.1) is 0 Å². The van der Waals surface area contributed by atoms with Crippen LogP contribution in [0.5, 0.6) is 0 Å². The Bertz CT molecular complexity index is 27.0. The molecule has 0 heterocycles. The summed E-state index contributed by atoms with van der Waals surface area (Å²) >= 11 is 0. The predicted octanol–water partition coefficient (Wildman–Crippen LogP) is 1.62. The predicted molar refractivity (Wildman–Crippen MR) is 22.7 cm³/mol. The Balaban J connectivity index is 2.00. The lowest BCUT2D eigenvalue weighted by Crippen LogP contribution is -1.61. The monoisotopic (exact) mass is 69.1 g/mol. The summed E-state index contributed by atoms with van der Waals surface area (Å²) in [5, 5.41) is 0. The summed E-state index contributed by atoms with van der Waals surface area (Å²) in [5.41, 5.74) is 0. The van der Waals surface area contributed by atoms with E-state index in [1.165, 1.54) is 12.8 Å². The van der Waals surface area contributed by atoms with Gasteiger partial charge in [0.05, 0.1) is 19.3 Å². The molecule has 0 aromatic carbocycles. The second-order valence-corrected chi connectivity index (χ2v) is 1.67. The van der Waals surface area contributed by atoms with Crippen LogP contribution in [0.25, 0.3) is 0 Å². The zero-order chi connectivity index (χ0) is 3.70. The van der Waals surface area contributed by atoms with Crippen molar-refractivity contribution in [2.24, 2.45) is 5.92 Å². The highest BCUT2D eigenvalue weighted by Crippen LogP contribution is 2.30. The van der Waals surface area contributed by atoms with E-state index in [0.29, 0.717) is 0 Å². The Morgan fingerprint density at radius 3 is 2.20 bits per heavy atom. The zero-order valence-electron chi connectivity index (χ0n) is 3.57. The third kappa shape index (κ3) is 0.571. The van der Waals surface area contributed by atoms with Crippen molar-refractivity contribution >= 4 is 0 Å². The van der Waals surface area contributed by atoms with Crippen molar-refractivity contribution in [3.8, 4) is 0 Å². The van der Waals surface area contributed by atoms with Crippen molar-refractivity contribution in [2.45, 2.75) is 19.8 Å². The molecule has 0 atom stereocenters. The van der Waals surface area contributed by atoms with Crippen LogP contribution in [-0.2, 0) is 0 Å². The Labute approximate surface area is 33.2 Å². The molecule has 0 unspecified atom stereocenters. The summed E-state index contributed by atoms with van der Waals surface area (Å²) < 4.78 is 0. The molecule has 0 aromatic rings. The van der Waals surface area contributed by atoms with Crippen LogP contribution in [0, 0.1) is 12.3 Å². The molecule has 1 aliphatic rings. The molecule has 0 radical (unpaired) electrons. The van der Waals surface area contributed by atoms with Gasteiger partial charge in [-0.05, 0) is 12.8 Å². The van der Waals surface area contributed by atoms with Crippen molar-refractivity contribution in [1.82, 2.24) is 0 Å². The second kappa shape index (κ2) is 0.925. The quantitative estimate of drug-likeness (QED) is 0.410. The average Bonchev–Trinajstić information content (AvgIpc) is 2.12. The van der Waals surface area contributed by atoms with Gasteiger partial charge in [-0.3, -0.25) is 0 Å². The van der Waals surface area contributed by atoms with Crippen LogP contribution >= 0.6 is 0 Å². The van der Waals surface area contributed by atoms with Crippen molar-refractivity contribution in [1.29, 1.82) is 0 Å². The topological polar surface area (TPSA) is 0 Å². The third-order valence-electron chi connectivity index (χ3n) is 1.09. The van der Waals surface area contributed by atoms with E-state index in [0.717, 1.165) is 5.92 Å². The Hall–Kier alpha value is -0.130. The van der Waals surface area contributed by atoms with Crippen LogP contribution in [0.1, 0.15) is 19.8 Å². The van der Waals surface area contributed by atoms with E-state index in [2.05, 4.69) is 13.3 Å². The van der Waals surface area contributed by atoms with E-state index >= 15 is 0 Å². The third-order valence-corrected chi connectivity index (χ3v) is 1.09. The van der Waals surface area contributed by atoms with Crippen molar-refractivity contribution in [3.63, 3.8) is 0 Å². The lowest BCUT2D eigenvalue weighted by Gasteiger charge is -1.60. The summed E-state index contributed by atoms with van der Waals surface area (Å²) in [6, 6.07) is 0. The summed E-state index contributed by atoms with van der Waals surface area (Å²) in [6.07, 6.45) is 5.19. The molecule has 0 spiro atoms. The van der Waals surface area contributed by atoms with Crippen molar-refractivity contribution in [3.05, 3.63) is 6.42 Å². The fourth-order valence-corrected chi connectivity index (χ4v) is 0.430. The fraction of sp³-hybridized carbons (Fsp3) is 0.800. The standard InChI is InChI=1S/C5H9/c1-2-5-3-4-5/h2,5H,3-4H2,1H3/q+1. The molecule has 0 aromatic heterocycles. The maximum Gasteiger partial charge on any atom is 0.0978 e. The van der Waals surface area contributed by atoms with Crippen LogP contribution < -0.4 is 0 Å².